The van der Waals surface area contributed by atoms with Crippen molar-refractivity contribution in [1.29, 1.82) is 0 Å². The molecule has 0 spiro atoms. The molecule has 0 aliphatic carbocycles. The Bertz CT molecular complexity index is 625. The molecule has 1 aromatic carbocycles. The Hall–Kier alpha value is -1.66. The number of carbonyl (C=O) groups is 1. The molecule has 88 valence electrons. The predicted molar refractivity (Wildman–Crippen MR) is 63.2 cm³/mol. The molecule has 17 heavy (non-hydrogen) atoms. The van der Waals surface area contributed by atoms with Gasteiger partial charge in [0.1, 0.15) is 4.21 Å². The van der Waals surface area contributed by atoms with E-state index >= 15 is 0 Å². The molecule has 0 saturated heterocycles. The number of carboxylic acids is 1. The average molecular weight is 268 g/mol. The van der Waals surface area contributed by atoms with Crippen molar-refractivity contribution in [3.8, 4) is 0 Å². The zero-order valence-corrected chi connectivity index (χ0v) is 10.2. The maximum absolute atomic E-state index is 12.0. The van der Waals surface area contributed by atoms with Crippen LogP contribution in [0.1, 0.15) is 10.4 Å². The van der Waals surface area contributed by atoms with Crippen molar-refractivity contribution in [1.82, 2.24) is 0 Å². The zero-order chi connectivity index (χ0) is 12.5. The van der Waals surface area contributed by atoms with E-state index in [1.54, 1.807) is 11.4 Å². The predicted octanol–water partition coefficient (Wildman–Crippen LogP) is 2.28. The summed E-state index contributed by atoms with van der Waals surface area (Å²) in [7, 11) is -3.51. The molecule has 0 bridgehead atoms. The van der Waals surface area contributed by atoms with Crippen molar-refractivity contribution in [2.24, 2.45) is 0 Å². The number of thiophene rings is 1. The van der Waals surface area contributed by atoms with Gasteiger partial charge in [0, 0.05) is 0 Å². The second-order valence-corrected chi connectivity index (χ2v) is 6.39. The number of rotatable bonds is 3. The van der Waals surface area contributed by atoms with E-state index in [1.807, 2.05) is 0 Å². The first-order valence-corrected chi connectivity index (χ1v) is 7.00. The van der Waals surface area contributed by atoms with E-state index in [0.29, 0.717) is 0 Å². The Balaban J connectivity index is 2.45. The van der Waals surface area contributed by atoms with Gasteiger partial charge in [0.15, 0.2) is 0 Å². The summed E-state index contributed by atoms with van der Waals surface area (Å²) in [6, 6.07) is 8.34. The third kappa shape index (κ3) is 2.22. The van der Waals surface area contributed by atoms with Crippen LogP contribution in [0, 0.1) is 0 Å². The molecule has 0 saturated carbocycles. The van der Waals surface area contributed by atoms with E-state index in [4.69, 9.17) is 5.11 Å². The van der Waals surface area contributed by atoms with Crippen LogP contribution in [-0.2, 0) is 9.84 Å². The van der Waals surface area contributed by atoms with Crippen LogP contribution in [0.4, 0.5) is 0 Å². The molecule has 0 atom stereocenters. The van der Waals surface area contributed by atoms with Crippen molar-refractivity contribution in [3.05, 3.63) is 47.3 Å². The van der Waals surface area contributed by atoms with Gasteiger partial charge in [0.2, 0.25) is 9.84 Å². The third-order valence-corrected chi connectivity index (χ3v) is 5.34. The van der Waals surface area contributed by atoms with Crippen molar-refractivity contribution in [3.63, 3.8) is 0 Å². The van der Waals surface area contributed by atoms with E-state index in [1.165, 1.54) is 30.3 Å². The molecule has 0 fully saturated rings. The van der Waals surface area contributed by atoms with Gasteiger partial charge in [-0.05, 0) is 35.7 Å². The summed E-state index contributed by atoms with van der Waals surface area (Å²) < 4.78 is 24.3. The molecule has 0 aliphatic rings. The van der Waals surface area contributed by atoms with Crippen LogP contribution >= 0.6 is 11.3 Å². The summed E-state index contributed by atoms with van der Waals surface area (Å²) in [6.45, 7) is 0. The van der Waals surface area contributed by atoms with Crippen LogP contribution < -0.4 is 0 Å². The minimum Gasteiger partial charge on any atom is -0.478 e. The summed E-state index contributed by atoms with van der Waals surface area (Å²) in [6.07, 6.45) is 0. The fourth-order valence-corrected chi connectivity index (χ4v) is 3.70. The SMILES string of the molecule is O=C(O)c1ccc(S(=O)(=O)c2cccs2)cc1. The molecule has 1 heterocycles. The quantitative estimate of drug-likeness (QED) is 0.927. The van der Waals surface area contributed by atoms with E-state index in [2.05, 4.69) is 0 Å². The molecule has 2 aromatic rings. The Labute approximate surface area is 102 Å². The number of sulfone groups is 1. The third-order valence-electron chi connectivity index (χ3n) is 2.17. The number of aromatic carboxylic acids is 1. The Morgan fingerprint density at radius 3 is 2.24 bits per heavy atom. The average Bonchev–Trinajstić information content (AvgIpc) is 2.83. The van der Waals surface area contributed by atoms with E-state index in [0.717, 1.165) is 11.3 Å². The maximum Gasteiger partial charge on any atom is 0.335 e. The summed E-state index contributed by atoms with van der Waals surface area (Å²) in [5.41, 5.74) is 0.0649. The Morgan fingerprint density at radius 1 is 1.12 bits per heavy atom. The van der Waals surface area contributed by atoms with Crippen LogP contribution in [0.3, 0.4) is 0 Å². The molecule has 1 N–H and O–H groups in total. The van der Waals surface area contributed by atoms with Gasteiger partial charge in [-0.15, -0.1) is 11.3 Å². The molecule has 2 rings (SSSR count). The topological polar surface area (TPSA) is 71.4 Å². The van der Waals surface area contributed by atoms with Gasteiger partial charge >= 0.3 is 5.97 Å². The lowest BCUT2D eigenvalue weighted by Crippen LogP contribution is -2.01. The highest BCUT2D eigenvalue weighted by Crippen LogP contribution is 2.24. The second kappa shape index (κ2) is 4.31. The van der Waals surface area contributed by atoms with Crippen molar-refractivity contribution in [2.75, 3.05) is 0 Å². The maximum atomic E-state index is 12.0. The molecule has 1 aromatic heterocycles. The zero-order valence-electron chi connectivity index (χ0n) is 8.53. The number of hydrogen-bond acceptors (Lipinski definition) is 4. The van der Waals surface area contributed by atoms with Gasteiger partial charge in [-0.1, -0.05) is 6.07 Å². The van der Waals surface area contributed by atoms with Crippen molar-refractivity contribution in [2.45, 2.75) is 9.10 Å². The molecule has 0 amide bonds. The van der Waals surface area contributed by atoms with Crippen LogP contribution in [-0.4, -0.2) is 19.5 Å². The largest absolute Gasteiger partial charge is 0.478 e. The van der Waals surface area contributed by atoms with Crippen LogP contribution in [0.25, 0.3) is 0 Å². The van der Waals surface area contributed by atoms with E-state index < -0.39 is 15.8 Å². The number of benzene rings is 1. The first-order chi connectivity index (χ1) is 8.01. The standard InChI is InChI=1S/C11H8O4S2/c12-11(13)8-3-5-9(6-4-8)17(14,15)10-2-1-7-16-10/h1-7H,(H,12,13). The minimum absolute atomic E-state index is 0.0649. The van der Waals surface area contributed by atoms with E-state index in [-0.39, 0.29) is 14.7 Å². The Morgan fingerprint density at radius 2 is 1.76 bits per heavy atom. The highest BCUT2D eigenvalue weighted by Gasteiger charge is 2.18. The molecule has 4 nitrogen and oxygen atoms in total. The molecule has 0 radical (unpaired) electrons. The highest BCUT2D eigenvalue weighted by molar-refractivity contribution is 7.93. The van der Waals surface area contributed by atoms with Gasteiger partial charge in [-0.25, -0.2) is 13.2 Å². The van der Waals surface area contributed by atoms with Gasteiger partial charge < -0.3 is 5.11 Å². The normalized spacial score (nSPS) is 11.3. The Kier molecular flexibility index (Phi) is 2.99. The van der Waals surface area contributed by atoms with Gasteiger partial charge in [0.05, 0.1) is 10.5 Å². The second-order valence-electron chi connectivity index (χ2n) is 3.27. The molecule has 0 unspecified atom stereocenters. The fraction of sp³-hybridized carbons (Fsp3) is 0. The van der Waals surface area contributed by atoms with Gasteiger partial charge in [0.25, 0.3) is 0 Å². The first kappa shape index (κ1) is 11.8. The van der Waals surface area contributed by atoms with Crippen molar-refractivity contribution >= 4 is 27.1 Å². The highest BCUT2D eigenvalue weighted by atomic mass is 32.2. The van der Waals surface area contributed by atoms with Crippen LogP contribution in [0.5, 0.6) is 0 Å². The molecule has 6 heteroatoms. The lowest BCUT2D eigenvalue weighted by Gasteiger charge is -2.01. The lowest BCUT2D eigenvalue weighted by atomic mass is 10.2. The van der Waals surface area contributed by atoms with Crippen LogP contribution in [0.2, 0.25) is 0 Å². The van der Waals surface area contributed by atoms with E-state index in [9.17, 15) is 13.2 Å². The minimum atomic E-state index is -3.51. The van der Waals surface area contributed by atoms with Gasteiger partial charge in [-0.3, -0.25) is 0 Å². The lowest BCUT2D eigenvalue weighted by molar-refractivity contribution is 0.0697. The summed E-state index contributed by atoms with van der Waals surface area (Å²) in [4.78, 5) is 10.7. The van der Waals surface area contributed by atoms with Crippen molar-refractivity contribution < 1.29 is 18.3 Å². The number of carboxylic acid groups (broad SMARTS) is 1. The number of hydrogen-bond donors (Lipinski definition) is 1. The molecule has 0 aliphatic heterocycles. The summed E-state index contributed by atoms with van der Waals surface area (Å²) in [5.74, 6) is -1.08. The monoisotopic (exact) mass is 268 g/mol. The summed E-state index contributed by atoms with van der Waals surface area (Å²) >= 11 is 1.13. The first-order valence-electron chi connectivity index (χ1n) is 4.64. The molecular formula is C11H8O4S2. The fourth-order valence-electron chi connectivity index (χ4n) is 1.31. The molecular weight excluding hydrogens is 260 g/mol. The van der Waals surface area contributed by atoms with Crippen LogP contribution in [0.15, 0.2) is 50.9 Å². The van der Waals surface area contributed by atoms with Gasteiger partial charge in [-0.2, -0.15) is 0 Å². The smallest absolute Gasteiger partial charge is 0.335 e. The summed E-state index contributed by atoms with van der Waals surface area (Å²) in [5, 5.41) is 10.4.